The molecule has 1 heterocycles. The van der Waals surface area contributed by atoms with Crippen molar-refractivity contribution < 1.29 is 0 Å². The Morgan fingerprint density at radius 3 is 3.06 bits per heavy atom. The first-order chi connectivity index (χ1) is 7.69. The molecule has 16 heavy (non-hydrogen) atoms. The second-order valence-electron chi connectivity index (χ2n) is 3.04. The largest absolute Gasteiger partial charge is 0.404 e. The van der Waals surface area contributed by atoms with Crippen molar-refractivity contribution in [3.05, 3.63) is 40.2 Å². The van der Waals surface area contributed by atoms with E-state index in [1.807, 2.05) is 6.92 Å². The van der Waals surface area contributed by atoms with E-state index in [4.69, 9.17) is 5.73 Å². The number of aromatic nitrogens is 2. The van der Waals surface area contributed by atoms with Crippen LogP contribution in [0, 0.1) is 0 Å². The number of nitrogens with zero attached hydrogens (tertiary/aromatic N) is 2. The molecule has 1 rings (SSSR count). The molecule has 0 aromatic carbocycles. The fraction of sp³-hybridized carbons (Fsp3) is 0.300. The number of hydrogen-bond donors (Lipinski definition) is 2. The monoisotopic (exact) mass is 284 g/mol. The average Bonchev–Trinajstić information content (AvgIpc) is 2.28. The Labute approximate surface area is 102 Å². The van der Waals surface area contributed by atoms with Gasteiger partial charge in [0.05, 0.1) is 6.33 Å². The molecule has 86 valence electrons. The summed E-state index contributed by atoms with van der Waals surface area (Å²) in [6.45, 7) is 2.58. The second-order valence-corrected chi connectivity index (χ2v) is 3.79. The molecule has 0 saturated heterocycles. The molecule has 0 aliphatic carbocycles. The number of H-pyrrole nitrogens is 1. The van der Waals surface area contributed by atoms with Crippen molar-refractivity contribution in [2.45, 2.75) is 13.3 Å². The Morgan fingerprint density at radius 1 is 1.75 bits per heavy atom. The lowest BCUT2D eigenvalue weighted by Gasteiger charge is -2.03. The summed E-state index contributed by atoms with van der Waals surface area (Å²) >= 11 is 3.32. The van der Waals surface area contributed by atoms with Crippen molar-refractivity contribution >= 4 is 20.6 Å². The number of nitrogens with one attached hydrogen (secondary N) is 1. The van der Waals surface area contributed by atoms with Crippen molar-refractivity contribution in [3.8, 4) is 0 Å². The van der Waals surface area contributed by atoms with Gasteiger partial charge in [-0.3, -0.25) is 9.79 Å². The van der Waals surface area contributed by atoms with Gasteiger partial charge in [-0.15, -0.1) is 0 Å². The number of halogens is 1. The van der Waals surface area contributed by atoms with Crippen molar-refractivity contribution in [3.63, 3.8) is 0 Å². The minimum atomic E-state index is -0.161. The number of hydrogen-bond acceptors (Lipinski definition) is 4. The normalized spacial score (nSPS) is 12.9. The van der Waals surface area contributed by atoms with Crippen LogP contribution in [0.2, 0.25) is 0 Å². The smallest absolute Gasteiger partial charge is 0.254 e. The van der Waals surface area contributed by atoms with Gasteiger partial charge in [-0.25, -0.2) is 4.98 Å². The Hall–Kier alpha value is -1.43. The predicted molar refractivity (Wildman–Crippen MR) is 67.7 cm³/mol. The number of aliphatic imine (C=N–C) groups is 1. The number of rotatable bonds is 4. The first-order valence-electron chi connectivity index (χ1n) is 4.81. The average molecular weight is 285 g/mol. The van der Waals surface area contributed by atoms with E-state index in [0.29, 0.717) is 23.1 Å². The van der Waals surface area contributed by atoms with Crippen LogP contribution in [0.1, 0.15) is 12.5 Å². The summed E-state index contributed by atoms with van der Waals surface area (Å²) < 4.78 is 0.667. The zero-order valence-electron chi connectivity index (χ0n) is 8.90. The van der Waals surface area contributed by atoms with Crippen LogP contribution in [0.5, 0.6) is 0 Å². The molecule has 0 fully saturated rings. The van der Waals surface area contributed by atoms with E-state index >= 15 is 0 Å². The standard InChI is InChI=1S/C10H13BrN4O/c1-2-14-9(11)7(4-12)3-8-5-13-6-15-10(8)16/h4-6H,2-3,12H2,1H3,(H,13,15,16). The van der Waals surface area contributed by atoms with Crippen LogP contribution in [-0.2, 0) is 6.42 Å². The van der Waals surface area contributed by atoms with Crippen molar-refractivity contribution in [2.75, 3.05) is 6.54 Å². The quantitative estimate of drug-likeness (QED) is 0.808. The molecule has 0 spiro atoms. The minimum Gasteiger partial charge on any atom is -0.404 e. The van der Waals surface area contributed by atoms with E-state index in [-0.39, 0.29) is 5.56 Å². The van der Waals surface area contributed by atoms with Crippen molar-refractivity contribution in [1.82, 2.24) is 9.97 Å². The molecule has 0 saturated carbocycles. The van der Waals surface area contributed by atoms with Gasteiger partial charge in [-0.1, -0.05) is 0 Å². The van der Waals surface area contributed by atoms with Gasteiger partial charge >= 0.3 is 0 Å². The first-order valence-corrected chi connectivity index (χ1v) is 5.61. The lowest BCUT2D eigenvalue weighted by atomic mass is 10.1. The van der Waals surface area contributed by atoms with Gasteiger partial charge < -0.3 is 10.7 Å². The summed E-state index contributed by atoms with van der Waals surface area (Å²) in [5.41, 5.74) is 6.66. The topological polar surface area (TPSA) is 84.1 Å². The predicted octanol–water partition coefficient (Wildman–Crippen LogP) is 0.968. The number of allylic oxidation sites excluding steroid dienone is 1. The zero-order valence-corrected chi connectivity index (χ0v) is 10.5. The summed E-state index contributed by atoms with van der Waals surface area (Å²) in [5, 5.41) is 0. The molecule has 3 N–H and O–H groups in total. The Balaban J connectivity index is 2.92. The highest BCUT2D eigenvalue weighted by Gasteiger charge is 2.07. The van der Waals surface area contributed by atoms with Gasteiger partial charge in [-0.2, -0.15) is 0 Å². The molecule has 1 aromatic rings. The maximum Gasteiger partial charge on any atom is 0.254 e. The number of nitrogens with two attached hydrogens (primary N) is 1. The third-order valence-electron chi connectivity index (χ3n) is 1.94. The van der Waals surface area contributed by atoms with Crippen molar-refractivity contribution in [1.29, 1.82) is 0 Å². The van der Waals surface area contributed by atoms with E-state index in [9.17, 15) is 4.79 Å². The van der Waals surface area contributed by atoms with Crippen LogP contribution < -0.4 is 11.3 Å². The highest BCUT2D eigenvalue weighted by molar-refractivity contribution is 9.18. The lowest BCUT2D eigenvalue weighted by molar-refractivity contribution is 1.03. The molecule has 0 aliphatic heterocycles. The molecule has 6 heteroatoms. The third-order valence-corrected chi connectivity index (χ3v) is 2.70. The van der Waals surface area contributed by atoms with Gasteiger partial charge in [0.25, 0.3) is 5.56 Å². The molecule has 0 aliphatic rings. The van der Waals surface area contributed by atoms with Crippen LogP contribution in [0.25, 0.3) is 0 Å². The van der Waals surface area contributed by atoms with Crippen LogP contribution >= 0.6 is 15.9 Å². The Bertz CT molecular complexity index is 464. The maximum atomic E-state index is 11.4. The van der Waals surface area contributed by atoms with Gasteiger partial charge in [0, 0.05) is 36.5 Å². The molecule has 0 atom stereocenters. The van der Waals surface area contributed by atoms with E-state index < -0.39 is 0 Å². The molecule has 0 amide bonds. The molecule has 1 aromatic heterocycles. The summed E-state index contributed by atoms with van der Waals surface area (Å²) in [5.74, 6) is 0. The molecule has 5 nitrogen and oxygen atoms in total. The summed E-state index contributed by atoms with van der Waals surface area (Å²) in [6, 6.07) is 0. The maximum absolute atomic E-state index is 11.4. The first kappa shape index (κ1) is 12.6. The van der Waals surface area contributed by atoms with E-state index in [1.165, 1.54) is 18.7 Å². The highest BCUT2D eigenvalue weighted by atomic mass is 79.9. The van der Waals surface area contributed by atoms with E-state index in [0.717, 1.165) is 5.57 Å². The summed E-state index contributed by atoms with van der Waals surface area (Å²) in [7, 11) is 0. The van der Waals surface area contributed by atoms with Gasteiger partial charge in [0.1, 0.15) is 4.62 Å². The van der Waals surface area contributed by atoms with Crippen molar-refractivity contribution in [2.24, 2.45) is 10.7 Å². The van der Waals surface area contributed by atoms with Crippen LogP contribution in [0.4, 0.5) is 0 Å². The fourth-order valence-corrected chi connectivity index (χ4v) is 1.67. The molecule has 0 unspecified atom stereocenters. The Morgan fingerprint density at radius 2 is 2.50 bits per heavy atom. The SMILES string of the molecule is CCN=C(Br)C(=CN)Cc1cnc[nH]c1=O. The molecule has 0 bridgehead atoms. The fourth-order valence-electron chi connectivity index (χ4n) is 1.15. The molecular formula is C10H13BrN4O. The van der Waals surface area contributed by atoms with Crippen LogP contribution in [0.3, 0.4) is 0 Å². The van der Waals surface area contributed by atoms with Gasteiger partial charge in [-0.05, 0) is 22.9 Å². The summed E-state index contributed by atoms with van der Waals surface area (Å²) in [4.78, 5) is 22.0. The lowest BCUT2D eigenvalue weighted by Crippen LogP contribution is -2.15. The van der Waals surface area contributed by atoms with E-state index in [2.05, 4.69) is 30.9 Å². The van der Waals surface area contributed by atoms with E-state index in [1.54, 1.807) is 0 Å². The summed E-state index contributed by atoms with van der Waals surface area (Å²) in [6.07, 6.45) is 4.72. The Kier molecular flexibility index (Phi) is 4.91. The second kappa shape index (κ2) is 6.22. The van der Waals surface area contributed by atoms with Gasteiger partial charge in [0.15, 0.2) is 0 Å². The highest BCUT2D eigenvalue weighted by Crippen LogP contribution is 2.09. The van der Waals surface area contributed by atoms with Crippen LogP contribution in [-0.4, -0.2) is 21.1 Å². The van der Waals surface area contributed by atoms with Crippen LogP contribution in [0.15, 0.2) is 34.1 Å². The number of aromatic amines is 1. The van der Waals surface area contributed by atoms with Gasteiger partial charge in [0.2, 0.25) is 0 Å². The molecular weight excluding hydrogens is 272 g/mol. The molecule has 0 radical (unpaired) electrons. The third kappa shape index (κ3) is 3.30. The minimum absolute atomic E-state index is 0.161. The zero-order chi connectivity index (χ0) is 12.0.